The van der Waals surface area contributed by atoms with Crippen LogP contribution in [0.15, 0.2) is 68.7 Å². The Bertz CT molecular complexity index is 503. The van der Waals surface area contributed by atoms with E-state index >= 15 is 0 Å². The summed E-state index contributed by atoms with van der Waals surface area (Å²) in [7, 11) is 0. The largest absolute Gasteiger partial charge is 0.0622 e. The van der Waals surface area contributed by atoms with Gasteiger partial charge in [-0.15, -0.1) is 0 Å². The quantitative estimate of drug-likeness (QED) is 0.436. The van der Waals surface area contributed by atoms with E-state index in [0.29, 0.717) is 0 Å². The third-order valence-corrected chi connectivity index (χ3v) is 4.70. The monoisotopic (exact) mass is 410 g/mol. The first-order chi connectivity index (χ1) is 8.75. The summed E-state index contributed by atoms with van der Waals surface area (Å²) in [6, 6.07) is 20.6. The van der Waals surface area contributed by atoms with Gasteiger partial charge in [0.1, 0.15) is 0 Å². The summed E-state index contributed by atoms with van der Waals surface area (Å²) < 4.78 is 2.28. The molecule has 0 saturated heterocycles. The molecule has 2 aromatic carbocycles. The second kappa shape index (κ2) is 6.90. The van der Waals surface area contributed by atoms with Crippen LogP contribution in [0.2, 0.25) is 0 Å². The lowest BCUT2D eigenvalue weighted by molar-refractivity contribution is 1.65. The topological polar surface area (TPSA) is 0 Å². The molecule has 2 heteroatoms. The van der Waals surface area contributed by atoms with Crippen LogP contribution in [0.3, 0.4) is 0 Å². The number of hydrogen-bond acceptors (Lipinski definition) is 0. The fourth-order valence-corrected chi connectivity index (χ4v) is 2.42. The van der Waals surface area contributed by atoms with E-state index in [1.165, 1.54) is 14.7 Å². The minimum Gasteiger partial charge on any atom is -0.0622 e. The van der Waals surface area contributed by atoms with Crippen LogP contribution >= 0.6 is 38.5 Å². The van der Waals surface area contributed by atoms with E-state index in [9.17, 15) is 0 Å². The fourth-order valence-electron chi connectivity index (χ4n) is 1.53. The van der Waals surface area contributed by atoms with Crippen LogP contribution in [-0.4, -0.2) is 0 Å². The van der Waals surface area contributed by atoms with Crippen molar-refractivity contribution in [2.45, 2.75) is 0 Å². The summed E-state index contributed by atoms with van der Waals surface area (Å²) in [5.41, 5.74) is 2.40. The molecular weight excluding hydrogens is 399 g/mol. The summed E-state index contributed by atoms with van der Waals surface area (Å²) in [4.78, 5) is 0. The Morgan fingerprint density at radius 2 is 1.22 bits per heavy atom. The van der Waals surface area contributed by atoms with Gasteiger partial charge in [-0.05, 0) is 61.8 Å². The van der Waals surface area contributed by atoms with Crippen molar-refractivity contribution in [2.24, 2.45) is 0 Å². The molecule has 0 nitrogen and oxygen atoms in total. The van der Waals surface area contributed by atoms with Crippen LogP contribution in [0.1, 0.15) is 11.1 Å². The molecule has 0 aliphatic heterocycles. The SMILES string of the molecule is BrC(=Cc1ccccc1)C(I)=Cc1ccccc1. The summed E-state index contributed by atoms with van der Waals surface area (Å²) in [6.45, 7) is 0. The van der Waals surface area contributed by atoms with Gasteiger partial charge < -0.3 is 0 Å². The maximum atomic E-state index is 3.62. The van der Waals surface area contributed by atoms with Gasteiger partial charge >= 0.3 is 0 Å². The van der Waals surface area contributed by atoms with Gasteiger partial charge in [0.25, 0.3) is 0 Å². The van der Waals surface area contributed by atoms with Crippen molar-refractivity contribution >= 4 is 50.7 Å². The van der Waals surface area contributed by atoms with Gasteiger partial charge in [-0.2, -0.15) is 0 Å². The third kappa shape index (κ3) is 4.10. The normalized spacial score (nSPS) is 12.6. The maximum absolute atomic E-state index is 3.62. The van der Waals surface area contributed by atoms with Crippen LogP contribution in [0, 0.1) is 0 Å². The molecule has 0 aliphatic rings. The van der Waals surface area contributed by atoms with Crippen molar-refractivity contribution in [3.63, 3.8) is 0 Å². The molecule has 0 atom stereocenters. The van der Waals surface area contributed by atoms with Crippen LogP contribution in [0.25, 0.3) is 12.2 Å². The predicted molar refractivity (Wildman–Crippen MR) is 91.8 cm³/mol. The summed E-state index contributed by atoms with van der Waals surface area (Å²) >= 11 is 5.97. The van der Waals surface area contributed by atoms with Crippen molar-refractivity contribution in [3.05, 3.63) is 79.9 Å². The zero-order valence-electron chi connectivity index (χ0n) is 9.68. The Hall–Kier alpha value is -0.870. The van der Waals surface area contributed by atoms with Gasteiger partial charge in [0.2, 0.25) is 0 Å². The van der Waals surface area contributed by atoms with E-state index in [1.807, 2.05) is 36.4 Å². The molecule has 0 aromatic heterocycles. The van der Waals surface area contributed by atoms with Gasteiger partial charge in [0.05, 0.1) is 0 Å². The Balaban J connectivity index is 2.21. The highest BCUT2D eigenvalue weighted by Gasteiger charge is 1.98. The molecule has 0 fully saturated rings. The van der Waals surface area contributed by atoms with E-state index in [-0.39, 0.29) is 0 Å². The zero-order valence-corrected chi connectivity index (χ0v) is 13.4. The van der Waals surface area contributed by atoms with Crippen LogP contribution in [0.4, 0.5) is 0 Å². The van der Waals surface area contributed by atoms with Crippen molar-refractivity contribution in [1.82, 2.24) is 0 Å². The molecule has 0 bridgehead atoms. The highest BCUT2D eigenvalue weighted by molar-refractivity contribution is 14.1. The Morgan fingerprint density at radius 1 is 0.778 bits per heavy atom. The Labute approximate surface area is 130 Å². The lowest BCUT2D eigenvalue weighted by atomic mass is 10.2. The lowest BCUT2D eigenvalue weighted by Crippen LogP contribution is -1.76. The molecule has 0 heterocycles. The second-order valence-corrected chi connectivity index (χ2v) is 5.82. The first-order valence-electron chi connectivity index (χ1n) is 5.60. The highest BCUT2D eigenvalue weighted by atomic mass is 127. The first kappa shape index (κ1) is 13.6. The Morgan fingerprint density at radius 3 is 1.72 bits per heavy atom. The van der Waals surface area contributed by atoms with Crippen molar-refractivity contribution in [3.8, 4) is 0 Å². The standard InChI is InChI=1S/C16H12BrI/c17-15(11-13-7-3-1-4-8-13)16(18)12-14-9-5-2-6-10-14/h1-12H. The van der Waals surface area contributed by atoms with Crippen LogP contribution < -0.4 is 0 Å². The minimum atomic E-state index is 1.10. The second-order valence-electron chi connectivity index (χ2n) is 3.81. The molecule has 18 heavy (non-hydrogen) atoms. The van der Waals surface area contributed by atoms with Crippen molar-refractivity contribution < 1.29 is 0 Å². The van der Waals surface area contributed by atoms with Crippen LogP contribution in [-0.2, 0) is 0 Å². The molecule has 0 saturated carbocycles. The predicted octanol–water partition coefficient (Wildman–Crippen LogP) is 5.90. The van der Waals surface area contributed by atoms with Gasteiger partial charge in [0.15, 0.2) is 0 Å². The van der Waals surface area contributed by atoms with E-state index in [2.05, 4.69) is 74.9 Å². The number of rotatable bonds is 3. The molecule has 2 rings (SSSR count). The molecule has 0 spiro atoms. The molecule has 0 radical (unpaired) electrons. The van der Waals surface area contributed by atoms with Gasteiger partial charge in [-0.25, -0.2) is 0 Å². The molecule has 0 aliphatic carbocycles. The molecular formula is C16H12BrI. The summed E-state index contributed by atoms with van der Waals surface area (Å²) in [6.07, 6.45) is 4.28. The average molecular weight is 411 g/mol. The van der Waals surface area contributed by atoms with Gasteiger partial charge in [-0.1, -0.05) is 60.7 Å². The van der Waals surface area contributed by atoms with E-state index < -0.39 is 0 Å². The zero-order chi connectivity index (χ0) is 12.8. The van der Waals surface area contributed by atoms with Crippen molar-refractivity contribution in [2.75, 3.05) is 0 Å². The molecule has 90 valence electrons. The molecule has 0 amide bonds. The summed E-state index contributed by atoms with van der Waals surface area (Å²) in [5, 5.41) is 0. The van der Waals surface area contributed by atoms with E-state index in [4.69, 9.17) is 0 Å². The number of benzene rings is 2. The summed E-state index contributed by atoms with van der Waals surface area (Å²) in [5.74, 6) is 0. The lowest BCUT2D eigenvalue weighted by Gasteiger charge is -1.99. The highest BCUT2D eigenvalue weighted by Crippen LogP contribution is 2.28. The van der Waals surface area contributed by atoms with Crippen LogP contribution in [0.5, 0.6) is 0 Å². The van der Waals surface area contributed by atoms with E-state index in [0.717, 1.165) is 4.48 Å². The van der Waals surface area contributed by atoms with Gasteiger partial charge in [0, 0.05) is 8.06 Å². The average Bonchev–Trinajstić information content (AvgIpc) is 2.41. The number of allylic oxidation sites excluding steroid dienone is 2. The molecule has 0 N–H and O–H groups in total. The number of halogens is 2. The van der Waals surface area contributed by atoms with Crippen molar-refractivity contribution in [1.29, 1.82) is 0 Å². The number of hydrogen-bond donors (Lipinski definition) is 0. The molecule has 0 unspecified atom stereocenters. The van der Waals surface area contributed by atoms with E-state index in [1.54, 1.807) is 0 Å². The maximum Gasteiger partial charge on any atom is 0.0315 e. The molecule has 2 aromatic rings. The smallest absolute Gasteiger partial charge is 0.0315 e. The first-order valence-corrected chi connectivity index (χ1v) is 7.48. The Kier molecular flexibility index (Phi) is 5.20. The fraction of sp³-hybridized carbons (Fsp3) is 0. The van der Waals surface area contributed by atoms with Gasteiger partial charge in [-0.3, -0.25) is 0 Å². The third-order valence-electron chi connectivity index (χ3n) is 2.41. The minimum absolute atomic E-state index is 1.10.